The molecule has 0 atom stereocenters. The Bertz CT molecular complexity index is 1440. The van der Waals surface area contributed by atoms with Crippen molar-refractivity contribution < 1.29 is 0 Å². The molecule has 2 aromatic heterocycles. The van der Waals surface area contributed by atoms with E-state index < -0.39 is 0 Å². The molecule has 5 aromatic rings. The Hall–Kier alpha value is -4.43. The number of hydrogen-bond acceptors (Lipinski definition) is 4. The van der Waals surface area contributed by atoms with Gasteiger partial charge in [-0.3, -0.25) is 0 Å². The average molecular weight is 430 g/mol. The van der Waals surface area contributed by atoms with Crippen LogP contribution >= 0.6 is 0 Å². The van der Waals surface area contributed by atoms with Gasteiger partial charge in [0.2, 0.25) is 0 Å². The first-order valence-corrected chi connectivity index (χ1v) is 11.0. The molecule has 2 heterocycles. The van der Waals surface area contributed by atoms with Gasteiger partial charge in [0.05, 0.1) is 17.8 Å². The molecule has 0 aliphatic carbocycles. The topological polar surface area (TPSA) is 66.0 Å². The Kier molecular flexibility index (Phi) is 5.57. The monoisotopic (exact) mass is 429 g/mol. The van der Waals surface area contributed by atoms with Crippen molar-refractivity contribution in [3.63, 3.8) is 0 Å². The number of hydrogen-bond donors (Lipinski definition) is 1. The summed E-state index contributed by atoms with van der Waals surface area (Å²) in [7, 11) is 0. The van der Waals surface area contributed by atoms with Gasteiger partial charge in [-0.05, 0) is 34.7 Å². The average Bonchev–Trinajstić information content (AvgIpc) is 3.32. The lowest BCUT2D eigenvalue weighted by Gasteiger charge is -2.11. The van der Waals surface area contributed by atoms with Crippen LogP contribution in [0.1, 0.15) is 23.7 Å². The van der Waals surface area contributed by atoms with Crippen LogP contribution in [0.25, 0.3) is 27.9 Å². The van der Waals surface area contributed by atoms with Crippen molar-refractivity contribution in [2.45, 2.75) is 19.9 Å². The molecule has 160 valence electrons. The lowest BCUT2D eigenvalue weighted by molar-refractivity contribution is 0.902. The number of aromatic nitrogens is 3. The van der Waals surface area contributed by atoms with E-state index >= 15 is 0 Å². The number of aryl methyl sites for hydroxylation is 1. The Morgan fingerprint density at radius 1 is 0.879 bits per heavy atom. The third-order valence-corrected chi connectivity index (χ3v) is 5.76. The highest BCUT2D eigenvalue weighted by atomic mass is 15.3. The van der Waals surface area contributed by atoms with Gasteiger partial charge in [-0.15, -0.1) is 0 Å². The van der Waals surface area contributed by atoms with E-state index in [1.165, 1.54) is 0 Å². The Morgan fingerprint density at radius 2 is 1.61 bits per heavy atom. The predicted octanol–water partition coefficient (Wildman–Crippen LogP) is 6.11. The molecule has 0 saturated carbocycles. The van der Waals surface area contributed by atoms with Crippen LogP contribution in [0, 0.1) is 11.3 Å². The number of anilines is 1. The first kappa shape index (κ1) is 20.5. The summed E-state index contributed by atoms with van der Waals surface area (Å²) in [6.45, 7) is 2.77. The molecule has 0 unspecified atom stereocenters. The maximum Gasteiger partial charge on any atom is 0.165 e. The van der Waals surface area contributed by atoms with Gasteiger partial charge < -0.3 is 5.32 Å². The molecular weight excluding hydrogens is 406 g/mol. The van der Waals surface area contributed by atoms with Crippen molar-refractivity contribution in [3.05, 3.63) is 108 Å². The summed E-state index contributed by atoms with van der Waals surface area (Å²) in [5.41, 5.74) is 7.82. The highest BCUT2D eigenvalue weighted by molar-refractivity contribution is 5.78. The SMILES string of the molecule is CCc1cc(NCc2ccc(-c3ccccc3C#N)cc2)n2ncc(-c3ccccc3)c2n1. The van der Waals surface area contributed by atoms with Gasteiger partial charge >= 0.3 is 0 Å². The van der Waals surface area contributed by atoms with Crippen molar-refractivity contribution in [1.82, 2.24) is 14.6 Å². The van der Waals surface area contributed by atoms with E-state index in [0.29, 0.717) is 12.1 Å². The van der Waals surface area contributed by atoms with Crippen LogP contribution in [0.5, 0.6) is 0 Å². The molecule has 0 spiro atoms. The zero-order valence-electron chi connectivity index (χ0n) is 18.4. The summed E-state index contributed by atoms with van der Waals surface area (Å²) in [5, 5.41) is 17.5. The van der Waals surface area contributed by atoms with E-state index in [1.807, 2.05) is 53.2 Å². The lowest BCUT2D eigenvalue weighted by atomic mass is 9.99. The molecule has 0 fully saturated rings. The van der Waals surface area contributed by atoms with Gasteiger partial charge in [0.25, 0.3) is 0 Å². The van der Waals surface area contributed by atoms with Crippen molar-refractivity contribution in [2.24, 2.45) is 0 Å². The molecule has 0 aliphatic heterocycles. The first-order valence-electron chi connectivity index (χ1n) is 11.0. The predicted molar refractivity (Wildman–Crippen MR) is 132 cm³/mol. The second-order valence-electron chi connectivity index (χ2n) is 7.85. The third kappa shape index (κ3) is 4.07. The minimum atomic E-state index is 0.656. The van der Waals surface area contributed by atoms with E-state index in [-0.39, 0.29) is 0 Å². The highest BCUT2D eigenvalue weighted by Gasteiger charge is 2.13. The molecule has 3 aromatic carbocycles. The van der Waals surface area contributed by atoms with Crippen molar-refractivity contribution in [2.75, 3.05) is 5.32 Å². The molecule has 0 bridgehead atoms. The van der Waals surface area contributed by atoms with Gasteiger partial charge in [-0.25, -0.2) is 4.98 Å². The molecule has 33 heavy (non-hydrogen) atoms. The van der Waals surface area contributed by atoms with E-state index in [9.17, 15) is 5.26 Å². The molecule has 1 N–H and O–H groups in total. The summed E-state index contributed by atoms with van der Waals surface area (Å²) in [6, 6.07) is 30.5. The van der Waals surface area contributed by atoms with Crippen LogP contribution < -0.4 is 5.32 Å². The number of fused-ring (bicyclic) bond motifs is 1. The van der Waals surface area contributed by atoms with Gasteiger partial charge in [0, 0.05) is 23.9 Å². The van der Waals surface area contributed by atoms with Gasteiger partial charge in [-0.1, -0.05) is 79.7 Å². The number of benzene rings is 3. The minimum absolute atomic E-state index is 0.656. The summed E-state index contributed by atoms with van der Waals surface area (Å²) in [4.78, 5) is 4.84. The number of nitrogens with zero attached hydrogens (tertiary/aromatic N) is 4. The Labute approximate surface area is 193 Å². The molecule has 5 nitrogen and oxygen atoms in total. The normalized spacial score (nSPS) is 10.8. The van der Waals surface area contributed by atoms with Gasteiger partial charge in [-0.2, -0.15) is 14.9 Å². The van der Waals surface area contributed by atoms with E-state index in [0.717, 1.165) is 51.4 Å². The van der Waals surface area contributed by atoms with Crippen molar-refractivity contribution in [3.8, 4) is 28.3 Å². The molecule has 5 rings (SSSR count). The number of rotatable bonds is 6. The quantitative estimate of drug-likeness (QED) is 0.354. The fourth-order valence-electron chi connectivity index (χ4n) is 3.97. The molecule has 5 heteroatoms. The summed E-state index contributed by atoms with van der Waals surface area (Å²) in [6.07, 6.45) is 2.72. The first-order chi connectivity index (χ1) is 16.3. The molecule has 0 radical (unpaired) electrons. The summed E-state index contributed by atoms with van der Waals surface area (Å²) >= 11 is 0. The van der Waals surface area contributed by atoms with Crippen LogP contribution in [0.2, 0.25) is 0 Å². The standard InChI is InChI=1S/C28H23N5/c1-2-24-16-27(33-28(32-24)26(19-31-33)21-8-4-3-5-9-21)30-18-20-12-14-22(15-13-20)25-11-7-6-10-23(25)17-29/h3-16,19,30H,2,18H2,1H3. The van der Waals surface area contributed by atoms with E-state index in [1.54, 1.807) is 0 Å². The highest BCUT2D eigenvalue weighted by Crippen LogP contribution is 2.27. The zero-order valence-corrected chi connectivity index (χ0v) is 18.4. The maximum absolute atomic E-state index is 9.38. The molecule has 0 aliphatic rings. The number of nitriles is 1. The Balaban J connectivity index is 1.42. The molecule has 0 saturated heterocycles. The van der Waals surface area contributed by atoms with Crippen LogP contribution in [0.3, 0.4) is 0 Å². The fraction of sp³-hybridized carbons (Fsp3) is 0.107. The van der Waals surface area contributed by atoms with Crippen LogP contribution in [0.4, 0.5) is 5.82 Å². The lowest BCUT2D eigenvalue weighted by Crippen LogP contribution is -2.07. The molecule has 0 amide bonds. The molecular formula is C28H23N5. The Morgan fingerprint density at radius 3 is 2.36 bits per heavy atom. The van der Waals surface area contributed by atoms with Crippen LogP contribution in [-0.4, -0.2) is 14.6 Å². The van der Waals surface area contributed by atoms with Gasteiger partial charge in [0.1, 0.15) is 5.82 Å². The smallest absolute Gasteiger partial charge is 0.165 e. The van der Waals surface area contributed by atoms with Crippen LogP contribution in [-0.2, 0) is 13.0 Å². The largest absolute Gasteiger partial charge is 0.366 e. The third-order valence-electron chi connectivity index (χ3n) is 5.76. The van der Waals surface area contributed by atoms with E-state index in [2.05, 4.69) is 65.9 Å². The second kappa shape index (κ2) is 8.97. The zero-order chi connectivity index (χ0) is 22.6. The fourth-order valence-corrected chi connectivity index (χ4v) is 3.97. The van der Waals surface area contributed by atoms with Crippen LogP contribution in [0.15, 0.2) is 91.1 Å². The second-order valence-corrected chi connectivity index (χ2v) is 7.85. The minimum Gasteiger partial charge on any atom is -0.366 e. The van der Waals surface area contributed by atoms with Gasteiger partial charge in [0.15, 0.2) is 5.65 Å². The number of nitrogens with one attached hydrogen (secondary N) is 1. The van der Waals surface area contributed by atoms with Crippen molar-refractivity contribution >= 4 is 11.5 Å². The summed E-state index contributed by atoms with van der Waals surface area (Å²) < 4.78 is 1.87. The summed E-state index contributed by atoms with van der Waals surface area (Å²) in [5.74, 6) is 0.915. The van der Waals surface area contributed by atoms with Crippen molar-refractivity contribution in [1.29, 1.82) is 5.26 Å². The van der Waals surface area contributed by atoms with E-state index in [4.69, 9.17) is 4.98 Å². The maximum atomic E-state index is 9.38.